The highest BCUT2D eigenvalue weighted by atomic mass is 32.2. The van der Waals surface area contributed by atoms with Gasteiger partial charge in [-0.3, -0.25) is 19.3 Å². The quantitative estimate of drug-likeness (QED) is 0.0865. The number of carboxylic acids is 1. The Labute approximate surface area is 253 Å². The number of nitrogen functional groups attached to an aromatic ring is 1. The number of rotatable bonds is 8. The molecule has 0 aliphatic carbocycles. The molecule has 5 rings (SSSR count). The van der Waals surface area contributed by atoms with Crippen molar-refractivity contribution in [3.63, 3.8) is 0 Å². The lowest BCUT2D eigenvalue weighted by molar-refractivity contribution is -0.908. The summed E-state index contributed by atoms with van der Waals surface area (Å²) in [7, 11) is 3.21. The highest BCUT2D eigenvalue weighted by Crippen LogP contribution is 2.41. The first-order chi connectivity index (χ1) is 20.4. The van der Waals surface area contributed by atoms with E-state index in [0.29, 0.717) is 48.5 Å². The molecule has 3 aliphatic heterocycles. The third-order valence-electron chi connectivity index (χ3n) is 7.59. The molecule has 0 unspecified atom stereocenters. The van der Waals surface area contributed by atoms with E-state index in [1.807, 2.05) is 7.05 Å². The molecule has 3 aliphatic rings. The zero-order chi connectivity index (χ0) is 31.1. The second-order valence-corrected chi connectivity index (χ2v) is 12.5. The number of carbonyl (C=O) groups excluding carboxylic acids is 4. The fraction of sp³-hybridized carbons (Fsp3) is 0.385. The van der Waals surface area contributed by atoms with E-state index < -0.39 is 29.2 Å². The largest absolute Gasteiger partial charge is 0.543 e. The SMILES string of the molecule is CON=C(C(=O)N[C@@H]1C(=O)N2C(C(=O)[O-])=C(C[N+]3(C)CCN(C(=O)c4ccc(O)c(O)c4)CC3)CS[C@@H]12)c1csc(N)n1. The van der Waals surface area contributed by atoms with Gasteiger partial charge in [-0.15, -0.1) is 23.1 Å². The minimum atomic E-state index is -1.48. The standard InChI is InChI=1S/C26H29N7O8S2/c1-33(7-5-31(6-8-33)22(37)13-3-4-16(34)17(35)9-13)10-14-11-42-24-19(23(38)32(24)20(14)25(39)40)29-21(36)18(30-41-2)15-12-43-26(27)28-15/h3-4,9,12,19,24H,5-8,10-11H2,1-2H3,(H5-,27,28,29,30,34,35,36,37,39,40)/t19-,24+/m1/s1. The van der Waals surface area contributed by atoms with Crippen LogP contribution in [0.25, 0.3) is 0 Å². The molecule has 228 valence electrons. The van der Waals surface area contributed by atoms with Gasteiger partial charge in [0.2, 0.25) is 0 Å². The average molecular weight is 632 g/mol. The highest BCUT2D eigenvalue weighted by molar-refractivity contribution is 8.00. The smallest absolute Gasteiger partial charge is 0.276 e. The number of nitrogens with one attached hydrogen (secondary N) is 1. The van der Waals surface area contributed by atoms with E-state index in [4.69, 9.17) is 10.6 Å². The van der Waals surface area contributed by atoms with Crippen molar-refractivity contribution in [1.82, 2.24) is 20.1 Å². The van der Waals surface area contributed by atoms with Crippen LogP contribution in [0.15, 0.2) is 40.0 Å². The van der Waals surface area contributed by atoms with Gasteiger partial charge in [0.25, 0.3) is 17.7 Å². The van der Waals surface area contributed by atoms with Crippen molar-refractivity contribution in [2.45, 2.75) is 11.4 Å². The maximum Gasteiger partial charge on any atom is 0.276 e. The number of carbonyl (C=O) groups is 4. The van der Waals surface area contributed by atoms with Crippen molar-refractivity contribution in [2.75, 3.05) is 58.4 Å². The molecule has 3 amide bonds. The molecular formula is C26H29N7O8S2. The number of fused-ring (bicyclic) bond motifs is 1. The third-order valence-corrected chi connectivity index (χ3v) is 9.60. The van der Waals surface area contributed by atoms with Crippen LogP contribution in [-0.2, 0) is 19.2 Å². The molecule has 2 aromatic rings. The molecule has 4 heterocycles. The predicted octanol–water partition coefficient (Wildman–Crippen LogP) is -1.51. The number of thioether (sulfide) groups is 1. The number of phenolic OH excluding ortho intramolecular Hbond substituents is 2. The molecular weight excluding hydrogens is 602 g/mol. The normalized spacial score (nSPS) is 21.6. The number of amides is 3. The fourth-order valence-corrected chi connectivity index (χ4v) is 7.19. The maximum atomic E-state index is 13.2. The summed E-state index contributed by atoms with van der Waals surface area (Å²) < 4.78 is 0.428. The minimum Gasteiger partial charge on any atom is -0.543 e. The lowest BCUT2D eigenvalue weighted by atomic mass is 10.0. The number of aliphatic carboxylic acids is 1. The number of hydrogen-bond donors (Lipinski definition) is 4. The number of quaternary nitrogens is 1. The van der Waals surface area contributed by atoms with Gasteiger partial charge in [0, 0.05) is 22.3 Å². The average Bonchev–Trinajstić information content (AvgIpc) is 3.41. The third kappa shape index (κ3) is 5.82. The number of aromatic nitrogens is 1. The van der Waals surface area contributed by atoms with Crippen LogP contribution in [0.5, 0.6) is 11.5 Å². The molecule has 0 bridgehead atoms. The number of phenols is 2. The second-order valence-electron chi connectivity index (χ2n) is 10.5. The second kappa shape index (κ2) is 11.7. The van der Waals surface area contributed by atoms with Crippen LogP contribution in [0.1, 0.15) is 16.1 Å². The molecule has 5 N–H and O–H groups in total. The van der Waals surface area contributed by atoms with Gasteiger partial charge in [-0.05, 0) is 18.2 Å². The molecule has 1 aromatic carbocycles. The van der Waals surface area contributed by atoms with Gasteiger partial charge in [-0.2, -0.15) is 0 Å². The van der Waals surface area contributed by atoms with Crippen molar-refractivity contribution in [3.8, 4) is 11.5 Å². The number of hydrogen-bond acceptors (Lipinski definition) is 13. The number of thiazole rings is 1. The zero-order valence-corrected chi connectivity index (χ0v) is 24.8. The molecule has 0 radical (unpaired) electrons. The number of benzene rings is 1. The summed E-state index contributed by atoms with van der Waals surface area (Å²) in [5.41, 5.74) is 6.25. The van der Waals surface area contributed by atoms with E-state index >= 15 is 0 Å². The Morgan fingerprint density at radius 3 is 2.58 bits per heavy atom. The highest BCUT2D eigenvalue weighted by Gasteiger charge is 2.54. The van der Waals surface area contributed by atoms with Gasteiger partial charge in [-0.1, -0.05) is 5.16 Å². The van der Waals surface area contributed by atoms with Crippen LogP contribution in [0.3, 0.4) is 0 Å². The van der Waals surface area contributed by atoms with Crippen molar-refractivity contribution < 1.29 is 43.8 Å². The number of nitrogens with two attached hydrogens (primary N) is 1. The summed E-state index contributed by atoms with van der Waals surface area (Å²) in [6.45, 7) is 2.12. The number of nitrogens with zero attached hydrogens (tertiary/aromatic N) is 5. The molecule has 17 heteroatoms. The van der Waals surface area contributed by atoms with Crippen LogP contribution in [0.2, 0.25) is 0 Å². The summed E-state index contributed by atoms with van der Waals surface area (Å²) in [5.74, 6) is -3.47. The van der Waals surface area contributed by atoms with E-state index in [1.165, 1.54) is 42.5 Å². The van der Waals surface area contributed by atoms with Gasteiger partial charge in [0.15, 0.2) is 22.3 Å². The maximum absolute atomic E-state index is 13.2. The lowest BCUT2D eigenvalue weighted by Gasteiger charge is -2.51. The summed E-state index contributed by atoms with van der Waals surface area (Å²) in [4.78, 5) is 63.0. The molecule has 2 saturated heterocycles. The lowest BCUT2D eigenvalue weighted by Crippen LogP contribution is -2.72. The molecule has 0 saturated carbocycles. The monoisotopic (exact) mass is 631 g/mol. The van der Waals surface area contributed by atoms with E-state index in [9.17, 15) is 34.5 Å². The van der Waals surface area contributed by atoms with Crippen LogP contribution in [0, 0.1) is 0 Å². The Morgan fingerprint density at radius 1 is 1.26 bits per heavy atom. The Kier molecular flexibility index (Phi) is 8.22. The Balaban J connectivity index is 1.26. The number of β-lactam (4-membered cyclic amide) rings is 1. The molecule has 15 nitrogen and oxygen atoms in total. The van der Waals surface area contributed by atoms with E-state index in [2.05, 4.69) is 15.5 Å². The van der Waals surface area contributed by atoms with Gasteiger partial charge in [0.1, 0.15) is 30.8 Å². The Morgan fingerprint density at radius 2 is 1.98 bits per heavy atom. The Hall–Kier alpha value is -4.35. The number of oxime groups is 1. The van der Waals surface area contributed by atoms with Crippen molar-refractivity contribution in [2.24, 2.45) is 5.16 Å². The summed E-state index contributed by atoms with van der Waals surface area (Å²) in [6, 6.07) is 2.91. The summed E-state index contributed by atoms with van der Waals surface area (Å²) in [5, 5.41) is 39.0. The van der Waals surface area contributed by atoms with Gasteiger partial charge in [-0.25, -0.2) is 4.98 Å². The van der Waals surface area contributed by atoms with Gasteiger partial charge < -0.3 is 45.4 Å². The zero-order valence-electron chi connectivity index (χ0n) is 23.2. The molecule has 1 aromatic heterocycles. The minimum absolute atomic E-state index is 0.170. The van der Waals surface area contributed by atoms with Crippen molar-refractivity contribution in [3.05, 3.63) is 46.1 Å². The number of aromatic hydroxyl groups is 2. The first kappa shape index (κ1) is 30.1. The van der Waals surface area contributed by atoms with Crippen LogP contribution in [-0.4, -0.2) is 123 Å². The van der Waals surface area contributed by atoms with E-state index in [0.717, 1.165) is 16.2 Å². The number of piperazine rings is 1. The topological polar surface area (TPSA) is 211 Å². The molecule has 43 heavy (non-hydrogen) atoms. The first-order valence-electron chi connectivity index (χ1n) is 13.1. The molecule has 0 spiro atoms. The van der Waals surface area contributed by atoms with Crippen LogP contribution >= 0.6 is 23.1 Å². The Bertz CT molecular complexity index is 1550. The van der Waals surface area contributed by atoms with E-state index in [-0.39, 0.29) is 45.2 Å². The number of anilines is 1. The summed E-state index contributed by atoms with van der Waals surface area (Å²) in [6.07, 6.45) is 0. The fourth-order valence-electron chi connectivity index (χ4n) is 5.30. The number of likely N-dealkylation sites (N-methyl/N-ethyl adjacent to an activating group) is 1. The van der Waals surface area contributed by atoms with E-state index in [1.54, 1.807) is 4.90 Å². The van der Waals surface area contributed by atoms with Crippen LogP contribution in [0.4, 0.5) is 5.13 Å². The molecule has 2 fully saturated rings. The van der Waals surface area contributed by atoms with Crippen LogP contribution < -0.4 is 16.2 Å². The van der Waals surface area contributed by atoms with Gasteiger partial charge in [0.05, 0.1) is 44.9 Å². The van der Waals surface area contributed by atoms with Gasteiger partial charge >= 0.3 is 0 Å². The predicted molar refractivity (Wildman–Crippen MR) is 154 cm³/mol. The molecule has 2 atom stereocenters. The van der Waals surface area contributed by atoms with Crippen molar-refractivity contribution >= 4 is 57.6 Å². The first-order valence-corrected chi connectivity index (χ1v) is 15.0. The summed E-state index contributed by atoms with van der Waals surface area (Å²) >= 11 is 2.44. The number of carboxylic acid groups (broad SMARTS) is 1. The van der Waals surface area contributed by atoms with Crippen molar-refractivity contribution in [1.29, 1.82) is 0 Å².